The lowest BCUT2D eigenvalue weighted by atomic mass is 10.0. The maximum atomic E-state index is 5.50. The van der Waals surface area contributed by atoms with Gasteiger partial charge in [0.05, 0.1) is 13.2 Å². The van der Waals surface area contributed by atoms with Gasteiger partial charge in [-0.2, -0.15) is 0 Å². The second-order valence-electron chi connectivity index (χ2n) is 4.25. The Hall–Kier alpha value is -0.120. The highest BCUT2D eigenvalue weighted by atomic mass is 16.5. The molecule has 0 aliphatic rings. The Morgan fingerprint density at radius 1 is 1.00 bits per heavy atom. The summed E-state index contributed by atoms with van der Waals surface area (Å²) in [6.45, 7) is 9.00. The van der Waals surface area contributed by atoms with Crippen molar-refractivity contribution in [1.29, 1.82) is 0 Å². The van der Waals surface area contributed by atoms with Crippen molar-refractivity contribution in [3.05, 3.63) is 0 Å². The Kier molecular flexibility index (Phi) is 12.9. The van der Waals surface area contributed by atoms with Gasteiger partial charge in [0.25, 0.3) is 0 Å². The first-order valence-electron chi connectivity index (χ1n) is 6.62. The van der Waals surface area contributed by atoms with Crippen molar-refractivity contribution in [2.24, 2.45) is 5.92 Å². The zero-order valence-corrected chi connectivity index (χ0v) is 11.3. The predicted molar refractivity (Wildman–Crippen MR) is 68.9 cm³/mol. The highest BCUT2D eigenvalue weighted by molar-refractivity contribution is 4.62. The predicted octanol–water partition coefficient (Wildman–Crippen LogP) is 2.46. The molecule has 0 aliphatic carbocycles. The molecule has 3 nitrogen and oxygen atoms in total. The SMILES string of the molecule is CCCNCC(CCC)CCOCCOC. The summed E-state index contributed by atoms with van der Waals surface area (Å²) in [4.78, 5) is 0. The van der Waals surface area contributed by atoms with E-state index in [-0.39, 0.29) is 0 Å². The van der Waals surface area contributed by atoms with Gasteiger partial charge in [0.1, 0.15) is 0 Å². The van der Waals surface area contributed by atoms with Crippen molar-refractivity contribution in [3.63, 3.8) is 0 Å². The molecule has 0 saturated carbocycles. The molecule has 0 bridgehead atoms. The molecule has 0 aliphatic heterocycles. The Labute approximate surface area is 101 Å². The molecule has 1 unspecified atom stereocenters. The van der Waals surface area contributed by atoms with Crippen LogP contribution in [0.5, 0.6) is 0 Å². The third kappa shape index (κ3) is 10.4. The van der Waals surface area contributed by atoms with Gasteiger partial charge >= 0.3 is 0 Å². The monoisotopic (exact) mass is 231 g/mol. The van der Waals surface area contributed by atoms with Gasteiger partial charge < -0.3 is 14.8 Å². The number of methoxy groups -OCH3 is 1. The number of rotatable bonds is 12. The van der Waals surface area contributed by atoms with Crippen LogP contribution in [0.1, 0.15) is 39.5 Å². The Balaban J connectivity index is 3.43. The van der Waals surface area contributed by atoms with E-state index in [1.807, 2.05) is 0 Å². The average molecular weight is 231 g/mol. The number of ether oxygens (including phenoxy) is 2. The molecule has 0 rings (SSSR count). The van der Waals surface area contributed by atoms with Crippen LogP contribution in [0.15, 0.2) is 0 Å². The van der Waals surface area contributed by atoms with E-state index in [9.17, 15) is 0 Å². The molecule has 0 fully saturated rings. The Bertz CT molecular complexity index is 131. The van der Waals surface area contributed by atoms with Crippen LogP contribution in [0.2, 0.25) is 0 Å². The molecule has 0 aromatic heterocycles. The van der Waals surface area contributed by atoms with E-state index >= 15 is 0 Å². The minimum Gasteiger partial charge on any atom is -0.382 e. The lowest BCUT2D eigenvalue weighted by Gasteiger charge is -2.16. The van der Waals surface area contributed by atoms with Gasteiger partial charge in [-0.3, -0.25) is 0 Å². The normalized spacial score (nSPS) is 12.9. The smallest absolute Gasteiger partial charge is 0.0700 e. The minimum atomic E-state index is 0.701. The number of hydrogen-bond donors (Lipinski definition) is 1. The van der Waals surface area contributed by atoms with Gasteiger partial charge in [-0.15, -0.1) is 0 Å². The lowest BCUT2D eigenvalue weighted by molar-refractivity contribution is 0.0630. The highest BCUT2D eigenvalue weighted by Crippen LogP contribution is 2.10. The van der Waals surface area contributed by atoms with Gasteiger partial charge in [0.15, 0.2) is 0 Å². The first-order chi connectivity index (χ1) is 7.85. The molecule has 98 valence electrons. The summed E-state index contributed by atoms with van der Waals surface area (Å²) in [7, 11) is 1.71. The Morgan fingerprint density at radius 2 is 1.81 bits per heavy atom. The molecule has 0 heterocycles. The van der Waals surface area contributed by atoms with Crippen LogP contribution in [0.25, 0.3) is 0 Å². The molecule has 16 heavy (non-hydrogen) atoms. The summed E-state index contributed by atoms with van der Waals surface area (Å²) < 4.78 is 10.4. The Morgan fingerprint density at radius 3 is 2.44 bits per heavy atom. The fourth-order valence-corrected chi connectivity index (χ4v) is 1.73. The fraction of sp³-hybridized carbons (Fsp3) is 1.00. The van der Waals surface area contributed by atoms with Crippen LogP contribution in [0.3, 0.4) is 0 Å². The van der Waals surface area contributed by atoms with E-state index in [4.69, 9.17) is 9.47 Å². The van der Waals surface area contributed by atoms with Gasteiger partial charge in [0.2, 0.25) is 0 Å². The summed E-state index contributed by atoms with van der Waals surface area (Å²) in [5.41, 5.74) is 0. The highest BCUT2D eigenvalue weighted by Gasteiger charge is 2.06. The van der Waals surface area contributed by atoms with E-state index < -0.39 is 0 Å². The maximum Gasteiger partial charge on any atom is 0.0700 e. The molecule has 0 saturated heterocycles. The maximum absolute atomic E-state index is 5.50. The van der Waals surface area contributed by atoms with E-state index in [0.717, 1.165) is 38.6 Å². The zero-order chi connectivity index (χ0) is 12.1. The number of hydrogen-bond acceptors (Lipinski definition) is 3. The van der Waals surface area contributed by atoms with Crippen molar-refractivity contribution in [2.45, 2.75) is 39.5 Å². The van der Waals surface area contributed by atoms with Crippen LogP contribution in [0.4, 0.5) is 0 Å². The molecule has 0 radical (unpaired) electrons. The largest absolute Gasteiger partial charge is 0.382 e. The van der Waals surface area contributed by atoms with Crippen LogP contribution < -0.4 is 5.32 Å². The van der Waals surface area contributed by atoms with Crippen molar-refractivity contribution in [3.8, 4) is 0 Å². The number of nitrogens with one attached hydrogen (secondary N) is 1. The first kappa shape index (κ1) is 15.9. The molecule has 0 spiro atoms. The van der Waals surface area contributed by atoms with Crippen molar-refractivity contribution in [2.75, 3.05) is 40.0 Å². The van der Waals surface area contributed by atoms with Crippen molar-refractivity contribution < 1.29 is 9.47 Å². The summed E-state index contributed by atoms with van der Waals surface area (Å²) in [5, 5.41) is 3.49. The summed E-state index contributed by atoms with van der Waals surface area (Å²) in [6, 6.07) is 0. The van der Waals surface area contributed by atoms with Crippen LogP contribution in [0, 0.1) is 5.92 Å². The van der Waals surface area contributed by atoms with Crippen molar-refractivity contribution in [1.82, 2.24) is 5.32 Å². The summed E-state index contributed by atoms with van der Waals surface area (Å²) in [5.74, 6) is 0.763. The van der Waals surface area contributed by atoms with E-state index in [0.29, 0.717) is 6.61 Å². The molecule has 0 amide bonds. The molecular formula is C13H29NO2. The minimum absolute atomic E-state index is 0.701. The van der Waals surface area contributed by atoms with E-state index in [1.54, 1.807) is 7.11 Å². The molecule has 1 N–H and O–H groups in total. The lowest BCUT2D eigenvalue weighted by Crippen LogP contribution is -2.24. The van der Waals surface area contributed by atoms with Crippen LogP contribution >= 0.6 is 0 Å². The van der Waals surface area contributed by atoms with Gasteiger partial charge in [0, 0.05) is 13.7 Å². The first-order valence-corrected chi connectivity index (χ1v) is 6.62. The summed E-state index contributed by atoms with van der Waals surface area (Å²) in [6.07, 6.45) is 4.93. The van der Waals surface area contributed by atoms with Gasteiger partial charge in [-0.25, -0.2) is 0 Å². The topological polar surface area (TPSA) is 30.5 Å². The van der Waals surface area contributed by atoms with Gasteiger partial charge in [-0.05, 0) is 38.3 Å². The molecule has 3 heteroatoms. The average Bonchev–Trinajstić information content (AvgIpc) is 2.29. The van der Waals surface area contributed by atoms with Crippen LogP contribution in [-0.2, 0) is 9.47 Å². The molecular weight excluding hydrogens is 202 g/mol. The van der Waals surface area contributed by atoms with Gasteiger partial charge in [-0.1, -0.05) is 20.3 Å². The van der Waals surface area contributed by atoms with Crippen molar-refractivity contribution >= 4 is 0 Å². The zero-order valence-electron chi connectivity index (χ0n) is 11.3. The second-order valence-corrected chi connectivity index (χ2v) is 4.25. The third-order valence-electron chi connectivity index (χ3n) is 2.66. The molecule has 0 aromatic rings. The second kappa shape index (κ2) is 12.9. The fourth-order valence-electron chi connectivity index (χ4n) is 1.73. The molecule has 0 aromatic carbocycles. The van der Waals surface area contributed by atoms with E-state index in [2.05, 4.69) is 19.2 Å². The summed E-state index contributed by atoms with van der Waals surface area (Å²) >= 11 is 0. The molecule has 1 atom stereocenters. The standard InChI is InChI=1S/C13H29NO2/c1-4-6-13(12-14-8-5-2)7-9-16-11-10-15-3/h13-14H,4-12H2,1-3H3. The third-order valence-corrected chi connectivity index (χ3v) is 2.66. The van der Waals surface area contributed by atoms with Crippen LogP contribution in [-0.4, -0.2) is 40.0 Å². The quantitative estimate of drug-likeness (QED) is 0.523. The van der Waals surface area contributed by atoms with E-state index in [1.165, 1.54) is 19.3 Å².